The zero-order valence-electron chi connectivity index (χ0n) is 15.2. The second-order valence-electron chi connectivity index (χ2n) is 6.38. The quantitative estimate of drug-likeness (QED) is 0.738. The largest absolute Gasteiger partial charge is 0.321 e. The number of nitrogens with one attached hydrogen (secondary N) is 1. The van der Waals surface area contributed by atoms with E-state index in [0.29, 0.717) is 28.1 Å². The van der Waals surface area contributed by atoms with Gasteiger partial charge in [0.1, 0.15) is 0 Å². The number of carbonyl (C=O) groups is 1. The van der Waals surface area contributed by atoms with Crippen LogP contribution in [0.1, 0.15) is 11.1 Å². The minimum atomic E-state index is -4.03. The van der Waals surface area contributed by atoms with Crippen LogP contribution in [0.4, 0.5) is 11.4 Å². The summed E-state index contributed by atoms with van der Waals surface area (Å²) in [4.78, 5) is 12.9. The van der Waals surface area contributed by atoms with Crippen molar-refractivity contribution in [1.82, 2.24) is 0 Å². The predicted molar refractivity (Wildman–Crippen MR) is 111 cm³/mol. The van der Waals surface area contributed by atoms with E-state index in [1.807, 2.05) is 48.5 Å². The third kappa shape index (κ3) is 2.97. The van der Waals surface area contributed by atoms with E-state index in [1.165, 1.54) is 7.05 Å². The summed E-state index contributed by atoms with van der Waals surface area (Å²) in [5, 5.41) is 2.72. The Balaban J connectivity index is 1.98. The van der Waals surface area contributed by atoms with Gasteiger partial charge >= 0.3 is 0 Å². The summed E-state index contributed by atoms with van der Waals surface area (Å²) in [5.41, 5.74) is 2.85. The molecule has 140 valence electrons. The van der Waals surface area contributed by atoms with Crippen LogP contribution in [0.5, 0.6) is 0 Å². The van der Waals surface area contributed by atoms with Crippen molar-refractivity contribution in [2.45, 2.75) is 0 Å². The van der Waals surface area contributed by atoms with E-state index in [1.54, 1.807) is 36.4 Å². The highest BCUT2D eigenvalue weighted by Crippen LogP contribution is 2.42. The molecule has 28 heavy (non-hydrogen) atoms. The summed E-state index contributed by atoms with van der Waals surface area (Å²) in [5.74, 6) is -0.661. The Morgan fingerprint density at radius 1 is 0.821 bits per heavy atom. The van der Waals surface area contributed by atoms with Gasteiger partial charge in [0, 0.05) is 23.9 Å². The Kier molecular flexibility index (Phi) is 4.49. The van der Waals surface area contributed by atoms with Gasteiger partial charge in [0.25, 0.3) is 15.9 Å². The van der Waals surface area contributed by atoms with Gasteiger partial charge in [0.05, 0.1) is 5.69 Å². The molecule has 3 aromatic rings. The molecule has 6 heteroatoms. The molecule has 0 atom stereocenters. The number of sulfonamides is 1. The molecule has 0 unspecified atom stereocenters. The molecule has 1 N–H and O–H groups in total. The van der Waals surface area contributed by atoms with Crippen LogP contribution in [0, 0.1) is 0 Å². The summed E-state index contributed by atoms with van der Waals surface area (Å²) in [6.07, 6.45) is 0. The fourth-order valence-electron chi connectivity index (χ4n) is 3.31. The smallest absolute Gasteiger partial charge is 0.270 e. The Hall–Kier alpha value is -3.38. The molecule has 1 aliphatic rings. The monoisotopic (exact) mass is 390 g/mol. The van der Waals surface area contributed by atoms with Gasteiger partial charge in [-0.05, 0) is 23.8 Å². The first kappa shape index (κ1) is 18.0. The van der Waals surface area contributed by atoms with E-state index in [0.717, 1.165) is 4.31 Å². The van der Waals surface area contributed by atoms with Crippen molar-refractivity contribution in [3.8, 4) is 0 Å². The number of hydrogen-bond acceptors (Lipinski definition) is 3. The molecule has 0 aliphatic carbocycles. The van der Waals surface area contributed by atoms with Crippen LogP contribution < -0.4 is 9.62 Å². The van der Waals surface area contributed by atoms with Gasteiger partial charge in [0.15, 0.2) is 4.91 Å². The van der Waals surface area contributed by atoms with Crippen molar-refractivity contribution in [1.29, 1.82) is 0 Å². The summed E-state index contributed by atoms with van der Waals surface area (Å²) in [7, 11) is -2.57. The number of para-hydroxylation sites is 2. The van der Waals surface area contributed by atoms with Crippen LogP contribution in [-0.2, 0) is 14.8 Å². The molecular weight excluding hydrogens is 372 g/mol. The number of rotatable bonds is 3. The Bertz CT molecular complexity index is 1170. The average molecular weight is 390 g/mol. The van der Waals surface area contributed by atoms with Crippen molar-refractivity contribution >= 4 is 32.9 Å². The van der Waals surface area contributed by atoms with E-state index in [-0.39, 0.29) is 4.91 Å². The topological polar surface area (TPSA) is 66.5 Å². The Labute approximate surface area is 164 Å². The van der Waals surface area contributed by atoms with E-state index >= 15 is 0 Å². The molecule has 0 radical (unpaired) electrons. The van der Waals surface area contributed by atoms with Crippen molar-refractivity contribution in [2.24, 2.45) is 0 Å². The molecule has 0 bridgehead atoms. The molecule has 0 aromatic heterocycles. The summed E-state index contributed by atoms with van der Waals surface area (Å²) < 4.78 is 27.8. The minimum Gasteiger partial charge on any atom is -0.321 e. The standard InChI is InChI=1S/C22H18N2O3S/c1-24-19-15-9-8-14-18(19)20(16-10-4-2-5-11-16)21(28(24,26)27)22(25)23-17-12-6-3-7-13-17/h2-15H,1H3,(H,23,25). The zero-order chi connectivity index (χ0) is 19.7. The molecule has 0 saturated heterocycles. The van der Waals surface area contributed by atoms with Crippen LogP contribution in [0.3, 0.4) is 0 Å². The summed E-state index contributed by atoms with van der Waals surface area (Å²) >= 11 is 0. The number of amides is 1. The fourth-order valence-corrected chi connectivity index (χ4v) is 4.77. The van der Waals surface area contributed by atoms with Crippen molar-refractivity contribution in [3.63, 3.8) is 0 Å². The summed E-state index contributed by atoms with van der Waals surface area (Å²) in [6.45, 7) is 0. The van der Waals surface area contributed by atoms with E-state index in [9.17, 15) is 13.2 Å². The minimum absolute atomic E-state index is 0.260. The number of anilines is 2. The molecule has 0 fully saturated rings. The summed E-state index contributed by atoms with van der Waals surface area (Å²) in [6, 6.07) is 25.1. The number of carbonyl (C=O) groups excluding carboxylic acids is 1. The lowest BCUT2D eigenvalue weighted by Gasteiger charge is -2.30. The molecular formula is C22H18N2O3S. The van der Waals surface area contributed by atoms with Gasteiger partial charge < -0.3 is 5.32 Å². The van der Waals surface area contributed by atoms with Gasteiger partial charge in [-0.2, -0.15) is 0 Å². The van der Waals surface area contributed by atoms with Gasteiger partial charge in [-0.25, -0.2) is 8.42 Å². The van der Waals surface area contributed by atoms with Crippen molar-refractivity contribution in [3.05, 3.63) is 101 Å². The third-order valence-corrected chi connectivity index (χ3v) is 6.48. The van der Waals surface area contributed by atoms with Crippen LogP contribution in [0.15, 0.2) is 89.8 Å². The average Bonchev–Trinajstić information content (AvgIpc) is 2.72. The highest BCUT2D eigenvalue weighted by molar-refractivity contribution is 7.97. The second kappa shape index (κ2) is 6.98. The van der Waals surface area contributed by atoms with E-state index in [2.05, 4.69) is 5.32 Å². The lowest BCUT2D eigenvalue weighted by Crippen LogP contribution is -2.37. The van der Waals surface area contributed by atoms with Crippen molar-refractivity contribution in [2.75, 3.05) is 16.7 Å². The molecule has 3 aromatic carbocycles. The molecule has 4 rings (SSSR count). The first-order valence-corrected chi connectivity index (χ1v) is 10.2. The van der Waals surface area contributed by atoms with Gasteiger partial charge in [-0.3, -0.25) is 9.10 Å². The Morgan fingerprint density at radius 3 is 2.07 bits per heavy atom. The molecule has 1 heterocycles. The lowest BCUT2D eigenvalue weighted by molar-refractivity contribution is -0.112. The molecule has 5 nitrogen and oxygen atoms in total. The van der Waals surface area contributed by atoms with Crippen LogP contribution in [0.2, 0.25) is 0 Å². The maximum absolute atomic E-state index is 13.3. The molecule has 0 saturated carbocycles. The van der Waals surface area contributed by atoms with Crippen LogP contribution in [-0.4, -0.2) is 21.4 Å². The van der Waals surface area contributed by atoms with Gasteiger partial charge in [-0.15, -0.1) is 0 Å². The maximum Gasteiger partial charge on any atom is 0.270 e. The number of fused-ring (bicyclic) bond motifs is 1. The van der Waals surface area contributed by atoms with E-state index in [4.69, 9.17) is 0 Å². The predicted octanol–water partition coefficient (Wildman–Crippen LogP) is 3.86. The van der Waals surface area contributed by atoms with Gasteiger partial charge in [0.2, 0.25) is 0 Å². The first-order chi connectivity index (χ1) is 13.5. The molecule has 0 spiro atoms. The molecule has 1 aliphatic heterocycles. The van der Waals surface area contributed by atoms with E-state index < -0.39 is 15.9 Å². The highest BCUT2D eigenvalue weighted by Gasteiger charge is 2.39. The zero-order valence-corrected chi connectivity index (χ0v) is 16.0. The number of nitrogens with zero attached hydrogens (tertiary/aromatic N) is 1. The van der Waals surface area contributed by atoms with Gasteiger partial charge in [-0.1, -0.05) is 66.7 Å². The fraction of sp³-hybridized carbons (Fsp3) is 0.0455. The Morgan fingerprint density at radius 2 is 1.39 bits per heavy atom. The third-order valence-electron chi connectivity index (χ3n) is 4.66. The first-order valence-electron chi connectivity index (χ1n) is 8.74. The van der Waals surface area contributed by atoms with Crippen LogP contribution >= 0.6 is 0 Å². The highest BCUT2D eigenvalue weighted by atomic mass is 32.2. The lowest BCUT2D eigenvalue weighted by atomic mass is 9.95. The normalized spacial score (nSPS) is 15.1. The van der Waals surface area contributed by atoms with Crippen LogP contribution in [0.25, 0.3) is 5.57 Å². The number of benzene rings is 3. The van der Waals surface area contributed by atoms with Crippen molar-refractivity contribution < 1.29 is 13.2 Å². The SMILES string of the molecule is CN1c2ccccc2C(c2ccccc2)=C(C(=O)Nc2ccccc2)S1(=O)=O. The second-order valence-corrected chi connectivity index (χ2v) is 8.29. The molecule has 1 amide bonds. The number of hydrogen-bond donors (Lipinski definition) is 1. The maximum atomic E-state index is 13.3.